The second kappa shape index (κ2) is 7.57. The molecule has 0 fully saturated rings. The fourth-order valence-corrected chi connectivity index (χ4v) is 2.96. The number of aromatic hydroxyl groups is 1. The van der Waals surface area contributed by atoms with Gasteiger partial charge in [0.15, 0.2) is 5.75 Å². The molecule has 0 bridgehead atoms. The van der Waals surface area contributed by atoms with Crippen LogP contribution in [0.25, 0.3) is 11.0 Å². The third-order valence-corrected chi connectivity index (χ3v) is 4.24. The highest BCUT2D eigenvalue weighted by Gasteiger charge is 2.22. The van der Waals surface area contributed by atoms with E-state index in [0.717, 1.165) is 11.1 Å². The summed E-state index contributed by atoms with van der Waals surface area (Å²) in [6.07, 6.45) is 2.04. The lowest BCUT2D eigenvalue weighted by atomic mass is 10.1. The first-order chi connectivity index (χ1) is 13.0. The highest BCUT2D eigenvalue weighted by atomic mass is 19.1. The predicted molar refractivity (Wildman–Crippen MR) is 100 cm³/mol. The van der Waals surface area contributed by atoms with Crippen LogP contribution in [-0.4, -0.2) is 27.1 Å². The molecule has 1 amide bonds. The van der Waals surface area contributed by atoms with Crippen LogP contribution in [0.3, 0.4) is 0 Å². The molecule has 2 aromatic heterocycles. The number of nitrogens with one attached hydrogen (secondary N) is 1. The molecule has 1 aromatic carbocycles. The van der Waals surface area contributed by atoms with Crippen molar-refractivity contribution in [3.8, 4) is 5.75 Å². The average Bonchev–Trinajstić information content (AvgIpc) is 2.64. The predicted octanol–water partition coefficient (Wildman–Crippen LogP) is 2.42. The average molecular weight is 368 g/mol. The smallest absolute Gasteiger partial charge is 0.267 e. The zero-order chi connectivity index (χ0) is 19.6. The Labute approximate surface area is 155 Å². The van der Waals surface area contributed by atoms with Crippen LogP contribution in [0.5, 0.6) is 5.75 Å². The molecule has 27 heavy (non-hydrogen) atoms. The maximum atomic E-state index is 13.1. The topological polar surface area (TPSA) is 84.2 Å². The number of nitrogens with zero attached hydrogens (tertiary/aromatic N) is 2. The SMILES string of the molecule is [CH2]Cn1c(=O)c(C(=O)NCC)c(O)c2ncc(Cc3ccc(F)cc3)cc21. The Balaban J connectivity index is 2.13. The largest absolute Gasteiger partial charge is 0.505 e. The van der Waals surface area contributed by atoms with Crippen molar-refractivity contribution in [1.29, 1.82) is 0 Å². The summed E-state index contributed by atoms with van der Waals surface area (Å²) in [6.45, 7) is 5.86. The molecule has 0 unspecified atom stereocenters. The number of rotatable bonds is 5. The van der Waals surface area contributed by atoms with E-state index in [1.165, 1.54) is 16.7 Å². The monoisotopic (exact) mass is 368 g/mol. The zero-order valence-corrected chi connectivity index (χ0v) is 14.8. The van der Waals surface area contributed by atoms with E-state index in [1.807, 2.05) is 0 Å². The highest BCUT2D eigenvalue weighted by molar-refractivity contribution is 6.01. The van der Waals surface area contributed by atoms with Crippen LogP contribution in [0.4, 0.5) is 4.39 Å². The van der Waals surface area contributed by atoms with Gasteiger partial charge in [0, 0.05) is 19.3 Å². The minimum Gasteiger partial charge on any atom is -0.505 e. The normalized spacial score (nSPS) is 10.9. The van der Waals surface area contributed by atoms with E-state index >= 15 is 0 Å². The number of carbonyl (C=O) groups is 1. The molecule has 1 radical (unpaired) electrons. The summed E-state index contributed by atoms with van der Waals surface area (Å²) in [7, 11) is 0. The molecular weight excluding hydrogens is 349 g/mol. The Morgan fingerprint density at radius 3 is 2.63 bits per heavy atom. The van der Waals surface area contributed by atoms with Gasteiger partial charge in [0.25, 0.3) is 11.5 Å². The first kappa shape index (κ1) is 18.6. The molecule has 3 aromatic rings. The number of fused-ring (bicyclic) bond motifs is 1. The molecule has 0 spiro atoms. The van der Waals surface area contributed by atoms with Gasteiger partial charge in [0.1, 0.15) is 16.9 Å². The van der Waals surface area contributed by atoms with Gasteiger partial charge in [0.05, 0.1) is 5.52 Å². The molecule has 2 N–H and O–H groups in total. The van der Waals surface area contributed by atoms with Gasteiger partial charge in [0.2, 0.25) is 0 Å². The van der Waals surface area contributed by atoms with Gasteiger partial charge in [-0.3, -0.25) is 14.6 Å². The molecular formula is C20H19FN3O3. The van der Waals surface area contributed by atoms with Crippen LogP contribution in [0.1, 0.15) is 28.4 Å². The molecule has 0 aliphatic rings. The van der Waals surface area contributed by atoms with Crippen LogP contribution in [0, 0.1) is 12.7 Å². The molecule has 7 heteroatoms. The number of carbonyl (C=O) groups excluding carboxylic acids is 1. The maximum absolute atomic E-state index is 13.1. The van der Waals surface area contributed by atoms with E-state index in [1.54, 1.807) is 31.3 Å². The summed E-state index contributed by atoms with van der Waals surface area (Å²) in [4.78, 5) is 29.1. The van der Waals surface area contributed by atoms with E-state index < -0.39 is 17.2 Å². The van der Waals surface area contributed by atoms with Crippen LogP contribution in [-0.2, 0) is 13.0 Å². The Morgan fingerprint density at radius 1 is 1.30 bits per heavy atom. The van der Waals surface area contributed by atoms with Crippen molar-refractivity contribution in [3.05, 3.63) is 76.3 Å². The van der Waals surface area contributed by atoms with Gasteiger partial charge >= 0.3 is 0 Å². The summed E-state index contributed by atoms with van der Waals surface area (Å²) in [5, 5.41) is 13.0. The van der Waals surface area contributed by atoms with Crippen LogP contribution in [0.2, 0.25) is 0 Å². The lowest BCUT2D eigenvalue weighted by Crippen LogP contribution is -2.33. The Kier molecular flexibility index (Phi) is 5.21. The molecule has 0 saturated heterocycles. The molecule has 6 nitrogen and oxygen atoms in total. The molecule has 0 atom stereocenters. The summed E-state index contributed by atoms with van der Waals surface area (Å²) in [5.41, 5.74) is 1.24. The van der Waals surface area contributed by atoms with Gasteiger partial charge in [-0.1, -0.05) is 12.1 Å². The molecule has 0 aliphatic carbocycles. The molecule has 139 valence electrons. The second-order valence-electron chi connectivity index (χ2n) is 6.05. The van der Waals surface area contributed by atoms with Gasteiger partial charge < -0.3 is 15.0 Å². The van der Waals surface area contributed by atoms with Crippen LogP contribution >= 0.6 is 0 Å². The first-order valence-corrected chi connectivity index (χ1v) is 8.52. The van der Waals surface area contributed by atoms with Crippen molar-refractivity contribution >= 4 is 16.9 Å². The number of hydrogen-bond acceptors (Lipinski definition) is 4. The van der Waals surface area contributed by atoms with E-state index in [2.05, 4.69) is 17.2 Å². The molecule has 2 heterocycles. The Bertz CT molecular complexity index is 1060. The second-order valence-corrected chi connectivity index (χ2v) is 6.05. The van der Waals surface area contributed by atoms with Crippen molar-refractivity contribution in [2.45, 2.75) is 19.9 Å². The number of benzene rings is 1. The number of pyridine rings is 2. The van der Waals surface area contributed by atoms with Crippen molar-refractivity contribution in [2.24, 2.45) is 0 Å². The maximum Gasteiger partial charge on any atom is 0.267 e. The highest BCUT2D eigenvalue weighted by Crippen LogP contribution is 2.26. The number of hydrogen-bond donors (Lipinski definition) is 2. The van der Waals surface area contributed by atoms with Gasteiger partial charge in [-0.25, -0.2) is 4.39 Å². The number of halogens is 1. The Hall–Kier alpha value is -3.22. The fraction of sp³-hybridized carbons (Fsp3) is 0.200. The third-order valence-electron chi connectivity index (χ3n) is 4.24. The molecule has 0 saturated carbocycles. The Morgan fingerprint density at radius 2 is 2.00 bits per heavy atom. The quantitative estimate of drug-likeness (QED) is 0.724. The van der Waals surface area contributed by atoms with Gasteiger partial charge in [-0.05, 0) is 49.6 Å². The minimum absolute atomic E-state index is 0.0731. The van der Waals surface area contributed by atoms with Gasteiger partial charge in [-0.15, -0.1) is 0 Å². The van der Waals surface area contributed by atoms with Crippen molar-refractivity contribution in [2.75, 3.05) is 6.54 Å². The van der Waals surface area contributed by atoms with Crippen molar-refractivity contribution in [1.82, 2.24) is 14.9 Å². The summed E-state index contributed by atoms with van der Waals surface area (Å²) < 4.78 is 14.4. The summed E-state index contributed by atoms with van der Waals surface area (Å²) in [5.74, 6) is -1.41. The van der Waals surface area contributed by atoms with E-state index in [4.69, 9.17) is 0 Å². The summed E-state index contributed by atoms with van der Waals surface area (Å²) >= 11 is 0. The fourth-order valence-electron chi connectivity index (χ4n) is 2.96. The van der Waals surface area contributed by atoms with Crippen molar-refractivity contribution in [3.63, 3.8) is 0 Å². The van der Waals surface area contributed by atoms with E-state index in [-0.39, 0.29) is 23.4 Å². The lowest BCUT2D eigenvalue weighted by molar-refractivity contribution is 0.0951. The lowest BCUT2D eigenvalue weighted by Gasteiger charge is -2.14. The first-order valence-electron chi connectivity index (χ1n) is 8.52. The molecule has 0 aliphatic heterocycles. The number of aromatic nitrogens is 2. The minimum atomic E-state index is -0.652. The van der Waals surface area contributed by atoms with E-state index in [0.29, 0.717) is 18.5 Å². The van der Waals surface area contributed by atoms with Gasteiger partial charge in [-0.2, -0.15) is 0 Å². The number of amides is 1. The van der Waals surface area contributed by atoms with Crippen molar-refractivity contribution < 1.29 is 14.3 Å². The molecule has 3 rings (SSSR count). The zero-order valence-electron chi connectivity index (χ0n) is 14.8. The van der Waals surface area contributed by atoms with Crippen LogP contribution < -0.4 is 10.9 Å². The third kappa shape index (κ3) is 3.53. The van der Waals surface area contributed by atoms with Crippen LogP contribution in [0.15, 0.2) is 41.3 Å². The standard InChI is InChI=1S/C20H19FN3O3/c1-3-22-19(26)16-18(25)17-15(24(4-2)20(16)27)10-13(11-23-17)9-12-5-7-14(21)8-6-12/h5-8,10-11,25H,2-4,9H2,1H3,(H,22,26). The summed E-state index contributed by atoms with van der Waals surface area (Å²) in [6, 6.07) is 7.81. The van der Waals surface area contributed by atoms with E-state index in [9.17, 15) is 19.1 Å².